The van der Waals surface area contributed by atoms with E-state index in [2.05, 4.69) is 5.32 Å². The minimum atomic E-state index is -0.455. The summed E-state index contributed by atoms with van der Waals surface area (Å²) >= 11 is 0. The van der Waals surface area contributed by atoms with Crippen LogP contribution in [0.4, 0.5) is 17.1 Å². The molecule has 0 saturated heterocycles. The predicted molar refractivity (Wildman–Crippen MR) is 80.4 cm³/mol. The standard InChI is InChI=1S/C15H15N3O3/c16-11-5-3-6-13(15(11)18(19)20)17-12-8-9-21-14-7-2-1-4-10(12)14/h1-7,12,17H,8-9,16H2. The summed E-state index contributed by atoms with van der Waals surface area (Å²) in [6.07, 6.45) is 0.739. The maximum Gasteiger partial charge on any atom is 0.314 e. The number of anilines is 2. The van der Waals surface area contributed by atoms with Crippen LogP contribution in [0.15, 0.2) is 42.5 Å². The molecule has 1 heterocycles. The van der Waals surface area contributed by atoms with Crippen molar-refractivity contribution in [3.8, 4) is 5.75 Å². The molecule has 1 aliphatic heterocycles. The molecule has 2 aromatic rings. The van der Waals surface area contributed by atoms with Crippen molar-refractivity contribution in [2.75, 3.05) is 17.7 Å². The zero-order chi connectivity index (χ0) is 14.8. The second-order valence-electron chi connectivity index (χ2n) is 4.87. The largest absolute Gasteiger partial charge is 0.493 e. The number of hydrogen-bond donors (Lipinski definition) is 2. The fraction of sp³-hybridized carbons (Fsp3) is 0.200. The summed E-state index contributed by atoms with van der Waals surface area (Å²) in [5.41, 5.74) is 7.22. The topological polar surface area (TPSA) is 90.4 Å². The third-order valence-corrected chi connectivity index (χ3v) is 3.54. The first-order valence-electron chi connectivity index (χ1n) is 6.68. The van der Waals surface area contributed by atoms with Crippen LogP contribution >= 0.6 is 0 Å². The molecule has 0 bridgehead atoms. The zero-order valence-corrected chi connectivity index (χ0v) is 11.3. The fourth-order valence-corrected chi connectivity index (χ4v) is 2.56. The normalized spacial score (nSPS) is 16.7. The Morgan fingerprint density at radius 2 is 2.05 bits per heavy atom. The van der Waals surface area contributed by atoms with Crippen molar-refractivity contribution in [3.63, 3.8) is 0 Å². The van der Waals surface area contributed by atoms with Gasteiger partial charge >= 0.3 is 5.69 Å². The van der Waals surface area contributed by atoms with Crippen molar-refractivity contribution < 1.29 is 9.66 Å². The van der Waals surface area contributed by atoms with Gasteiger partial charge in [-0.25, -0.2) is 0 Å². The number of fused-ring (bicyclic) bond motifs is 1. The van der Waals surface area contributed by atoms with Crippen molar-refractivity contribution in [1.82, 2.24) is 0 Å². The van der Waals surface area contributed by atoms with Crippen LogP contribution < -0.4 is 15.8 Å². The van der Waals surface area contributed by atoms with Crippen molar-refractivity contribution in [3.05, 3.63) is 58.1 Å². The van der Waals surface area contributed by atoms with Crippen LogP contribution in [0.25, 0.3) is 0 Å². The number of nitrogens with one attached hydrogen (secondary N) is 1. The van der Waals surface area contributed by atoms with Crippen LogP contribution in [0.1, 0.15) is 18.0 Å². The molecule has 6 heteroatoms. The monoisotopic (exact) mass is 285 g/mol. The second kappa shape index (κ2) is 5.32. The van der Waals surface area contributed by atoms with Crippen LogP contribution in [0.5, 0.6) is 5.75 Å². The van der Waals surface area contributed by atoms with E-state index in [1.165, 1.54) is 6.07 Å². The number of nitro benzene ring substituents is 1. The summed E-state index contributed by atoms with van der Waals surface area (Å²) in [5.74, 6) is 0.813. The van der Waals surface area contributed by atoms with Crippen LogP contribution in [-0.2, 0) is 0 Å². The molecule has 0 fully saturated rings. The van der Waals surface area contributed by atoms with Crippen LogP contribution in [0.3, 0.4) is 0 Å². The molecule has 1 aliphatic rings. The molecule has 0 radical (unpaired) electrons. The molecule has 21 heavy (non-hydrogen) atoms. The molecule has 0 spiro atoms. The Morgan fingerprint density at radius 3 is 2.86 bits per heavy atom. The summed E-state index contributed by atoms with van der Waals surface area (Å²) in [6, 6.07) is 12.6. The van der Waals surface area contributed by atoms with Crippen molar-refractivity contribution in [1.29, 1.82) is 0 Å². The fourth-order valence-electron chi connectivity index (χ4n) is 2.56. The first-order valence-corrected chi connectivity index (χ1v) is 6.68. The third kappa shape index (κ3) is 2.47. The Hall–Kier alpha value is -2.76. The minimum absolute atomic E-state index is 0.0320. The summed E-state index contributed by atoms with van der Waals surface area (Å²) in [7, 11) is 0. The highest BCUT2D eigenvalue weighted by Crippen LogP contribution is 2.38. The number of nitro groups is 1. The molecule has 6 nitrogen and oxygen atoms in total. The van der Waals surface area contributed by atoms with Crippen molar-refractivity contribution in [2.45, 2.75) is 12.5 Å². The molecular formula is C15H15N3O3. The molecule has 3 rings (SSSR count). The van der Waals surface area contributed by atoms with Crippen LogP contribution in [0.2, 0.25) is 0 Å². The number of rotatable bonds is 3. The minimum Gasteiger partial charge on any atom is -0.493 e. The predicted octanol–water partition coefficient (Wildman–Crippen LogP) is 3.11. The van der Waals surface area contributed by atoms with E-state index in [9.17, 15) is 10.1 Å². The third-order valence-electron chi connectivity index (χ3n) is 3.54. The lowest BCUT2D eigenvalue weighted by Gasteiger charge is -2.27. The zero-order valence-electron chi connectivity index (χ0n) is 11.3. The maximum absolute atomic E-state index is 11.2. The van der Waals surface area contributed by atoms with Gasteiger partial charge in [-0.05, 0) is 18.2 Å². The van der Waals surface area contributed by atoms with Gasteiger partial charge in [0.2, 0.25) is 0 Å². The van der Waals surface area contributed by atoms with Gasteiger partial charge in [-0.3, -0.25) is 10.1 Å². The lowest BCUT2D eigenvalue weighted by Crippen LogP contribution is -2.20. The van der Waals surface area contributed by atoms with Gasteiger partial charge in [0.15, 0.2) is 0 Å². The smallest absolute Gasteiger partial charge is 0.314 e. The van der Waals surface area contributed by atoms with E-state index in [0.29, 0.717) is 12.3 Å². The van der Waals surface area contributed by atoms with E-state index in [-0.39, 0.29) is 17.4 Å². The van der Waals surface area contributed by atoms with Gasteiger partial charge in [-0.15, -0.1) is 0 Å². The van der Waals surface area contributed by atoms with E-state index >= 15 is 0 Å². The molecule has 3 N–H and O–H groups in total. The van der Waals surface area contributed by atoms with Gasteiger partial charge < -0.3 is 15.8 Å². The molecule has 0 amide bonds. The molecule has 1 unspecified atom stereocenters. The lowest BCUT2D eigenvalue weighted by molar-refractivity contribution is -0.383. The van der Waals surface area contributed by atoms with Gasteiger partial charge in [-0.2, -0.15) is 0 Å². The quantitative estimate of drug-likeness (QED) is 0.513. The Bertz CT molecular complexity index is 688. The number of ether oxygens (including phenoxy) is 1. The molecule has 1 atom stereocenters. The summed E-state index contributed by atoms with van der Waals surface area (Å²) in [6.45, 7) is 0.574. The molecule has 108 valence electrons. The summed E-state index contributed by atoms with van der Waals surface area (Å²) < 4.78 is 5.59. The Labute approximate surface area is 121 Å². The van der Waals surface area contributed by atoms with E-state index in [1.807, 2.05) is 24.3 Å². The van der Waals surface area contributed by atoms with Gasteiger partial charge in [0.1, 0.15) is 17.1 Å². The molecule has 0 saturated carbocycles. The van der Waals surface area contributed by atoms with Gasteiger partial charge in [0, 0.05) is 12.0 Å². The van der Waals surface area contributed by atoms with Gasteiger partial charge in [0.25, 0.3) is 0 Å². The maximum atomic E-state index is 11.2. The van der Waals surface area contributed by atoms with E-state index in [1.54, 1.807) is 12.1 Å². The van der Waals surface area contributed by atoms with Gasteiger partial charge in [0.05, 0.1) is 17.6 Å². The first kappa shape index (κ1) is 13.2. The van der Waals surface area contributed by atoms with Crippen molar-refractivity contribution in [2.24, 2.45) is 0 Å². The highest BCUT2D eigenvalue weighted by atomic mass is 16.6. The number of nitrogen functional groups attached to an aromatic ring is 1. The number of benzene rings is 2. The molecule has 0 aliphatic carbocycles. The highest BCUT2D eigenvalue weighted by molar-refractivity contribution is 5.74. The second-order valence-corrected chi connectivity index (χ2v) is 4.87. The van der Waals surface area contributed by atoms with Gasteiger partial charge in [-0.1, -0.05) is 24.3 Å². The first-order chi connectivity index (χ1) is 10.2. The molecule has 2 aromatic carbocycles. The van der Waals surface area contributed by atoms with Crippen molar-refractivity contribution >= 4 is 17.1 Å². The number of nitrogens with two attached hydrogens (primary N) is 1. The van der Waals surface area contributed by atoms with Crippen LogP contribution in [0, 0.1) is 10.1 Å². The number of nitrogens with zero attached hydrogens (tertiary/aromatic N) is 1. The Morgan fingerprint density at radius 1 is 1.24 bits per heavy atom. The van der Waals surface area contributed by atoms with E-state index in [4.69, 9.17) is 10.5 Å². The lowest BCUT2D eigenvalue weighted by atomic mass is 10.00. The van der Waals surface area contributed by atoms with Crippen LogP contribution in [-0.4, -0.2) is 11.5 Å². The SMILES string of the molecule is Nc1cccc(NC2CCOc3ccccc32)c1[N+](=O)[O-]. The Balaban J connectivity index is 1.96. The van der Waals surface area contributed by atoms with E-state index in [0.717, 1.165) is 17.7 Å². The molecular weight excluding hydrogens is 270 g/mol. The average Bonchev–Trinajstić information content (AvgIpc) is 2.47. The molecule has 0 aromatic heterocycles. The average molecular weight is 285 g/mol. The Kier molecular flexibility index (Phi) is 3.35. The summed E-state index contributed by atoms with van der Waals surface area (Å²) in [5, 5.41) is 14.4. The highest BCUT2D eigenvalue weighted by Gasteiger charge is 2.25. The summed E-state index contributed by atoms with van der Waals surface area (Å²) in [4.78, 5) is 10.7. The van der Waals surface area contributed by atoms with E-state index < -0.39 is 4.92 Å². The number of hydrogen-bond acceptors (Lipinski definition) is 5. The number of para-hydroxylation sites is 2.